The summed E-state index contributed by atoms with van der Waals surface area (Å²) in [6.07, 6.45) is -3.47. The fraction of sp³-hybridized carbons (Fsp3) is 0.154. The van der Waals surface area contributed by atoms with E-state index in [1.807, 2.05) is 5.43 Å². The molecule has 0 heterocycles. The zero-order valence-corrected chi connectivity index (χ0v) is 22.2. The number of hydrazone groups is 1. The van der Waals surface area contributed by atoms with E-state index in [0.29, 0.717) is 10.0 Å². The predicted octanol–water partition coefficient (Wildman–Crippen LogP) is 5.11. The van der Waals surface area contributed by atoms with Gasteiger partial charge in [0.05, 0.1) is 34.2 Å². The van der Waals surface area contributed by atoms with Gasteiger partial charge in [-0.2, -0.15) is 18.3 Å². The summed E-state index contributed by atoms with van der Waals surface area (Å²) in [5, 5.41) is 7.99. The molecule has 0 spiro atoms. The van der Waals surface area contributed by atoms with E-state index in [9.17, 15) is 31.9 Å². The zero-order valence-electron chi connectivity index (χ0n) is 20.6. The largest absolute Gasteiger partial charge is 0.490 e. The van der Waals surface area contributed by atoms with Crippen molar-refractivity contribution in [1.82, 2.24) is 5.43 Å². The molecule has 0 aliphatic carbocycles. The number of para-hydroxylation sites is 2. The summed E-state index contributed by atoms with van der Waals surface area (Å²) in [7, 11) is 0. The Balaban J connectivity index is 1.65. The molecule has 0 bridgehead atoms. The minimum absolute atomic E-state index is 0.0894. The minimum atomic E-state index is -4.66. The van der Waals surface area contributed by atoms with Crippen molar-refractivity contribution in [3.8, 4) is 11.5 Å². The van der Waals surface area contributed by atoms with Crippen LogP contribution in [-0.2, 0) is 20.6 Å². The van der Waals surface area contributed by atoms with Crippen LogP contribution >= 0.6 is 15.9 Å². The molecular formula is C26H21BrF4N4O5. The fourth-order valence-electron chi connectivity index (χ4n) is 3.19. The second-order valence-corrected chi connectivity index (χ2v) is 8.63. The van der Waals surface area contributed by atoms with Crippen molar-refractivity contribution < 1.29 is 41.4 Å². The number of alkyl halides is 3. The molecule has 3 aromatic rings. The van der Waals surface area contributed by atoms with Crippen LogP contribution in [0.5, 0.6) is 11.5 Å². The molecule has 14 heteroatoms. The summed E-state index contributed by atoms with van der Waals surface area (Å²) in [5.74, 6) is -3.60. The van der Waals surface area contributed by atoms with E-state index in [4.69, 9.17) is 9.47 Å². The molecule has 0 aliphatic rings. The third-order valence-electron chi connectivity index (χ3n) is 4.89. The normalized spacial score (nSPS) is 11.2. The molecule has 0 saturated heterocycles. The molecule has 0 aromatic heterocycles. The number of halogens is 5. The van der Waals surface area contributed by atoms with Gasteiger partial charge in [-0.3, -0.25) is 14.4 Å². The van der Waals surface area contributed by atoms with Crippen molar-refractivity contribution >= 4 is 51.2 Å². The molecule has 9 nitrogen and oxygen atoms in total. The molecule has 0 saturated carbocycles. The van der Waals surface area contributed by atoms with Crippen LogP contribution < -0.4 is 25.5 Å². The van der Waals surface area contributed by atoms with Crippen LogP contribution in [-0.4, -0.2) is 37.1 Å². The summed E-state index contributed by atoms with van der Waals surface area (Å²) in [4.78, 5) is 36.3. The van der Waals surface area contributed by atoms with E-state index < -0.39 is 47.6 Å². The zero-order chi connectivity index (χ0) is 29.3. The highest BCUT2D eigenvalue weighted by Gasteiger charge is 2.33. The van der Waals surface area contributed by atoms with Crippen LogP contribution in [0, 0.1) is 5.82 Å². The minimum Gasteiger partial charge on any atom is -0.490 e. The molecule has 3 amide bonds. The van der Waals surface area contributed by atoms with Crippen molar-refractivity contribution in [2.45, 2.75) is 13.1 Å². The molecular weight excluding hydrogens is 604 g/mol. The number of amides is 3. The number of nitrogens with one attached hydrogen (secondary N) is 3. The number of anilines is 2. The van der Waals surface area contributed by atoms with Crippen molar-refractivity contribution in [1.29, 1.82) is 0 Å². The molecule has 0 unspecified atom stereocenters. The lowest BCUT2D eigenvalue weighted by Crippen LogP contribution is -2.32. The second kappa shape index (κ2) is 13.6. The van der Waals surface area contributed by atoms with Gasteiger partial charge in [0.1, 0.15) is 5.82 Å². The Kier molecular flexibility index (Phi) is 10.2. The van der Waals surface area contributed by atoms with Gasteiger partial charge >= 0.3 is 18.0 Å². The predicted molar refractivity (Wildman–Crippen MR) is 142 cm³/mol. The summed E-state index contributed by atoms with van der Waals surface area (Å²) in [6.45, 7) is 1.25. The van der Waals surface area contributed by atoms with Gasteiger partial charge in [-0.1, -0.05) is 24.3 Å². The Bertz CT molecular complexity index is 1430. The van der Waals surface area contributed by atoms with Crippen LogP contribution in [0.4, 0.5) is 28.9 Å². The summed E-state index contributed by atoms with van der Waals surface area (Å²) in [5.41, 5.74) is 0.798. The van der Waals surface area contributed by atoms with Crippen molar-refractivity contribution in [2.24, 2.45) is 5.10 Å². The van der Waals surface area contributed by atoms with Crippen molar-refractivity contribution in [3.63, 3.8) is 0 Å². The highest BCUT2D eigenvalue weighted by atomic mass is 79.9. The van der Waals surface area contributed by atoms with E-state index in [0.717, 1.165) is 18.2 Å². The van der Waals surface area contributed by atoms with Gasteiger partial charge in [0.2, 0.25) is 0 Å². The number of carbonyl (C=O) groups excluding carboxylic acids is 3. The first-order valence-corrected chi connectivity index (χ1v) is 12.2. The lowest BCUT2D eigenvalue weighted by molar-refractivity contribution is -0.137. The highest BCUT2D eigenvalue weighted by Crippen LogP contribution is 2.37. The summed E-state index contributed by atoms with van der Waals surface area (Å²) < 4.78 is 64.5. The lowest BCUT2D eigenvalue weighted by Gasteiger charge is -2.16. The van der Waals surface area contributed by atoms with Gasteiger partial charge in [-0.05, 0) is 64.8 Å². The van der Waals surface area contributed by atoms with Crippen LogP contribution in [0.25, 0.3) is 0 Å². The molecule has 3 aromatic carbocycles. The quantitative estimate of drug-likeness (QED) is 0.132. The second-order valence-electron chi connectivity index (χ2n) is 7.78. The standard InChI is InChI=1S/C26H21BrF4N4O5/c1-2-39-21-12-15(13-32-35-25(38)24(37)34-20-10-6-4-8-18(20)28)11-17(27)23(21)40-14-22(36)33-19-9-5-3-7-16(19)26(29,30)31/h3-13H,2,14H2,1H3,(H,33,36)(H,34,37)(H,35,38)/b32-13-. The number of rotatable bonds is 9. The Hall–Kier alpha value is -4.46. The third kappa shape index (κ3) is 8.27. The summed E-state index contributed by atoms with van der Waals surface area (Å²) in [6, 6.07) is 12.8. The van der Waals surface area contributed by atoms with Gasteiger partial charge in [0.15, 0.2) is 18.1 Å². The Morgan fingerprint density at radius 2 is 1.62 bits per heavy atom. The van der Waals surface area contributed by atoms with Crippen molar-refractivity contribution in [2.75, 3.05) is 23.8 Å². The van der Waals surface area contributed by atoms with Gasteiger partial charge in [0.25, 0.3) is 5.91 Å². The van der Waals surface area contributed by atoms with Crippen LogP contribution in [0.1, 0.15) is 18.1 Å². The number of benzene rings is 3. The smallest absolute Gasteiger partial charge is 0.418 e. The molecule has 0 fully saturated rings. The van der Waals surface area contributed by atoms with E-state index >= 15 is 0 Å². The maximum Gasteiger partial charge on any atom is 0.418 e. The number of hydrogen-bond donors (Lipinski definition) is 3. The number of ether oxygens (including phenoxy) is 2. The van der Waals surface area contributed by atoms with Gasteiger partial charge in [0, 0.05) is 0 Å². The van der Waals surface area contributed by atoms with Gasteiger partial charge < -0.3 is 20.1 Å². The first-order chi connectivity index (χ1) is 19.0. The Morgan fingerprint density at radius 1 is 0.950 bits per heavy atom. The van der Waals surface area contributed by atoms with E-state index in [1.54, 1.807) is 6.92 Å². The first kappa shape index (κ1) is 30.1. The first-order valence-electron chi connectivity index (χ1n) is 11.4. The number of nitrogens with zero attached hydrogens (tertiary/aromatic N) is 1. The van der Waals surface area contributed by atoms with E-state index in [1.165, 1.54) is 48.7 Å². The maximum atomic E-state index is 13.6. The highest BCUT2D eigenvalue weighted by molar-refractivity contribution is 9.10. The van der Waals surface area contributed by atoms with Crippen LogP contribution in [0.3, 0.4) is 0 Å². The molecule has 0 aliphatic heterocycles. The van der Waals surface area contributed by atoms with E-state index in [2.05, 4.69) is 31.7 Å². The fourth-order valence-corrected chi connectivity index (χ4v) is 3.76. The van der Waals surface area contributed by atoms with Gasteiger partial charge in [-0.15, -0.1) is 0 Å². The SMILES string of the molecule is CCOc1cc(/C=N\NC(=O)C(=O)Nc2ccccc2F)cc(Br)c1OCC(=O)Nc1ccccc1C(F)(F)F. The molecule has 210 valence electrons. The van der Waals surface area contributed by atoms with Crippen molar-refractivity contribution in [3.05, 3.63) is 82.1 Å². The average Bonchev–Trinajstić information content (AvgIpc) is 2.89. The molecule has 0 radical (unpaired) electrons. The summed E-state index contributed by atoms with van der Waals surface area (Å²) >= 11 is 3.28. The van der Waals surface area contributed by atoms with E-state index in [-0.39, 0.29) is 23.8 Å². The molecule has 40 heavy (non-hydrogen) atoms. The van der Waals surface area contributed by atoms with Gasteiger partial charge in [-0.25, -0.2) is 9.82 Å². The molecule has 0 atom stereocenters. The monoisotopic (exact) mass is 624 g/mol. The van der Waals surface area contributed by atoms with Crippen LogP contribution in [0.2, 0.25) is 0 Å². The third-order valence-corrected chi connectivity index (χ3v) is 5.48. The topological polar surface area (TPSA) is 118 Å². The Morgan fingerprint density at radius 3 is 2.30 bits per heavy atom. The number of carbonyl (C=O) groups is 3. The maximum absolute atomic E-state index is 13.6. The average molecular weight is 625 g/mol. The Labute approximate surface area is 233 Å². The molecule has 3 rings (SSSR count). The van der Waals surface area contributed by atoms with Crippen LogP contribution in [0.15, 0.2) is 70.2 Å². The molecule has 3 N–H and O–H groups in total. The lowest BCUT2D eigenvalue weighted by atomic mass is 10.1. The number of hydrogen-bond acceptors (Lipinski definition) is 6.